The fourth-order valence-electron chi connectivity index (χ4n) is 3.06. The number of nitrogens with zero attached hydrogens (tertiary/aromatic N) is 4. The maximum atomic E-state index is 12.5. The molecule has 1 aromatic heterocycles. The average Bonchev–Trinajstić information content (AvgIpc) is 3.03. The molecule has 1 unspecified atom stereocenters. The molecule has 1 fully saturated rings. The lowest BCUT2D eigenvalue weighted by Gasteiger charge is -2.40. The first-order valence-electron chi connectivity index (χ1n) is 9.12. The first-order chi connectivity index (χ1) is 12.7. The van der Waals surface area contributed by atoms with Gasteiger partial charge in [0.1, 0.15) is 5.82 Å². The molecule has 6 nitrogen and oxygen atoms in total. The molecular formula is C19H26ClN5OS. The molecule has 2 amide bonds. The zero-order chi connectivity index (χ0) is 19.6. The van der Waals surface area contributed by atoms with Gasteiger partial charge in [-0.3, -0.25) is 0 Å². The van der Waals surface area contributed by atoms with Crippen LogP contribution in [0.4, 0.5) is 9.93 Å². The van der Waals surface area contributed by atoms with Crippen molar-refractivity contribution in [2.75, 3.05) is 24.5 Å². The van der Waals surface area contributed by atoms with E-state index in [1.54, 1.807) is 0 Å². The van der Waals surface area contributed by atoms with Crippen molar-refractivity contribution in [3.63, 3.8) is 0 Å². The molecule has 0 spiro atoms. The molecule has 8 heteroatoms. The molecule has 3 rings (SSSR count). The standard InChI is InChI=1S/C19H26ClN5OS/c1-13-12-24(9-10-25(13)17(26)22-19(2,3)4)18-21-16(23-27-18)11-14-5-7-15(20)8-6-14/h5-8,13H,9-12H2,1-4H3,(H,22,26). The van der Waals surface area contributed by atoms with Gasteiger partial charge in [0, 0.05) is 54.2 Å². The summed E-state index contributed by atoms with van der Waals surface area (Å²) in [6.07, 6.45) is 0.692. The molecule has 0 bridgehead atoms. The van der Waals surface area contributed by atoms with E-state index in [9.17, 15) is 4.79 Å². The number of hydrogen-bond acceptors (Lipinski definition) is 5. The summed E-state index contributed by atoms with van der Waals surface area (Å²) in [6.45, 7) is 10.3. The molecule has 2 aromatic rings. The Bertz CT molecular complexity index is 786. The summed E-state index contributed by atoms with van der Waals surface area (Å²) in [5, 5.41) is 4.69. The van der Waals surface area contributed by atoms with Crippen LogP contribution in [0.25, 0.3) is 0 Å². The second-order valence-electron chi connectivity index (χ2n) is 7.97. The van der Waals surface area contributed by atoms with Crippen LogP contribution < -0.4 is 10.2 Å². The molecule has 146 valence electrons. The summed E-state index contributed by atoms with van der Waals surface area (Å²) in [5.41, 5.74) is 0.907. The lowest BCUT2D eigenvalue weighted by molar-refractivity contribution is 0.163. The van der Waals surface area contributed by atoms with Gasteiger partial charge in [0.05, 0.1) is 0 Å². The molecule has 2 heterocycles. The second-order valence-corrected chi connectivity index (χ2v) is 9.13. The summed E-state index contributed by atoms with van der Waals surface area (Å²) in [6, 6.07) is 7.87. The van der Waals surface area contributed by atoms with Gasteiger partial charge in [-0.05, 0) is 45.4 Å². The Morgan fingerprint density at radius 1 is 1.30 bits per heavy atom. The van der Waals surface area contributed by atoms with Crippen molar-refractivity contribution in [1.29, 1.82) is 0 Å². The lowest BCUT2D eigenvalue weighted by Crippen LogP contribution is -2.59. The predicted octanol–water partition coefficient (Wildman–Crippen LogP) is 3.80. The van der Waals surface area contributed by atoms with Crippen LogP contribution in [-0.2, 0) is 6.42 Å². The Morgan fingerprint density at radius 2 is 2.00 bits per heavy atom. The lowest BCUT2D eigenvalue weighted by atomic mass is 10.1. The van der Waals surface area contributed by atoms with E-state index in [0.717, 1.165) is 34.6 Å². The summed E-state index contributed by atoms with van der Waals surface area (Å²) < 4.78 is 4.50. The molecule has 27 heavy (non-hydrogen) atoms. The SMILES string of the molecule is CC1CN(c2nc(Cc3ccc(Cl)cc3)ns2)CCN1C(=O)NC(C)(C)C. The smallest absolute Gasteiger partial charge is 0.318 e. The molecule has 0 aliphatic carbocycles. The van der Waals surface area contributed by atoms with Crippen molar-refractivity contribution in [2.24, 2.45) is 0 Å². The first kappa shape index (κ1) is 19.9. The van der Waals surface area contributed by atoms with E-state index in [0.29, 0.717) is 13.0 Å². The van der Waals surface area contributed by atoms with Gasteiger partial charge >= 0.3 is 6.03 Å². The van der Waals surface area contributed by atoms with E-state index >= 15 is 0 Å². The van der Waals surface area contributed by atoms with Crippen molar-refractivity contribution in [3.05, 3.63) is 40.7 Å². The maximum Gasteiger partial charge on any atom is 0.318 e. The first-order valence-corrected chi connectivity index (χ1v) is 10.3. The Balaban J connectivity index is 1.60. The van der Waals surface area contributed by atoms with Crippen LogP contribution in [0.2, 0.25) is 5.02 Å². The molecule has 1 N–H and O–H groups in total. The van der Waals surface area contributed by atoms with Gasteiger partial charge in [0.15, 0.2) is 0 Å². The van der Waals surface area contributed by atoms with E-state index in [4.69, 9.17) is 16.6 Å². The molecule has 1 aliphatic heterocycles. The number of rotatable bonds is 3. The minimum Gasteiger partial charge on any atom is -0.343 e. The van der Waals surface area contributed by atoms with E-state index in [-0.39, 0.29) is 17.6 Å². The van der Waals surface area contributed by atoms with Gasteiger partial charge in [0.25, 0.3) is 0 Å². The summed E-state index contributed by atoms with van der Waals surface area (Å²) in [5.74, 6) is 0.817. The molecule has 0 radical (unpaired) electrons. The highest BCUT2D eigenvalue weighted by atomic mass is 35.5. The Hall–Kier alpha value is -1.86. The zero-order valence-corrected chi connectivity index (χ0v) is 17.8. The van der Waals surface area contributed by atoms with Crippen molar-refractivity contribution in [1.82, 2.24) is 19.6 Å². The Kier molecular flexibility index (Phi) is 5.91. The highest BCUT2D eigenvalue weighted by Crippen LogP contribution is 2.23. The minimum atomic E-state index is -0.232. The van der Waals surface area contributed by atoms with Crippen molar-refractivity contribution < 1.29 is 4.79 Å². The molecule has 1 aromatic carbocycles. The van der Waals surface area contributed by atoms with E-state index < -0.39 is 0 Å². The van der Waals surface area contributed by atoms with Gasteiger partial charge in [-0.15, -0.1) is 0 Å². The number of amides is 2. The highest BCUT2D eigenvalue weighted by molar-refractivity contribution is 7.09. The van der Waals surface area contributed by atoms with Crippen LogP contribution in [0, 0.1) is 0 Å². The molecular weight excluding hydrogens is 382 g/mol. The number of halogens is 1. The summed E-state index contributed by atoms with van der Waals surface area (Å²) >= 11 is 7.35. The van der Waals surface area contributed by atoms with Crippen molar-refractivity contribution >= 4 is 34.3 Å². The third kappa shape index (κ3) is 5.32. The number of benzene rings is 1. The number of urea groups is 1. The monoisotopic (exact) mass is 407 g/mol. The van der Waals surface area contributed by atoms with Crippen molar-refractivity contribution in [2.45, 2.75) is 45.7 Å². The van der Waals surface area contributed by atoms with Gasteiger partial charge in [-0.2, -0.15) is 4.37 Å². The zero-order valence-electron chi connectivity index (χ0n) is 16.2. The quantitative estimate of drug-likeness (QED) is 0.840. The number of hydrogen-bond donors (Lipinski definition) is 1. The molecule has 1 aliphatic rings. The van der Waals surface area contributed by atoms with E-state index in [1.165, 1.54) is 11.5 Å². The Labute approximate surface area is 169 Å². The number of carbonyl (C=O) groups excluding carboxylic acids is 1. The third-order valence-corrected chi connectivity index (χ3v) is 5.44. The largest absolute Gasteiger partial charge is 0.343 e. The summed E-state index contributed by atoms with van der Waals surface area (Å²) in [4.78, 5) is 21.3. The second kappa shape index (κ2) is 8.02. The van der Waals surface area contributed by atoms with E-state index in [2.05, 4.69) is 21.5 Å². The topological polar surface area (TPSA) is 61.4 Å². The van der Waals surface area contributed by atoms with Crippen LogP contribution in [0.5, 0.6) is 0 Å². The van der Waals surface area contributed by atoms with Crippen LogP contribution >= 0.6 is 23.1 Å². The molecule has 0 saturated carbocycles. The normalized spacial score (nSPS) is 17.9. The van der Waals surface area contributed by atoms with Crippen molar-refractivity contribution in [3.8, 4) is 0 Å². The van der Waals surface area contributed by atoms with Gasteiger partial charge in [-0.1, -0.05) is 23.7 Å². The van der Waals surface area contributed by atoms with Crippen LogP contribution in [0.15, 0.2) is 24.3 Å². The fraction of sp³-hybridized carbons (Fsp3) is 0.526. The number of aromatic nitrogens is 2. The number of anilines is 1. The Morgan fingerprint density at radius 3 is 2.63 bits per heavy atom. The van der Waals surface area contributed by atoms with E-state index in [1.807, 2.05) is 49.9 Å². The number of piperazine rings is 1. The van der Waals surface area contributed by atoms with Crippen LogP contribution in [0.1, 0.15) is 39.1 Å². The van der Waals surface area contributed by atoms with Crippen LogP contribution in [-0.4, -0.2) is 51.5 Å². The fourth-order valence-corrected chi connectivity index (χ4v) is 3.90. The number of carbonyl (C=O) groups is 1. The maximum absolute atomic E-state index is 12.5. The predicted molar refractivity (Wildman–Crippen MR) is 111 cm³/mol. The highest BCUT2D eigenvalue weighted by Gasteiger charge is 2.30. The molecule has 1 atom stereocenters. The third-order valence-electron chi connectivity index (χ3n) is 4.37. The molecule has 1 saturated heterocycles. The van der Waals surface area contributed by atoms with Gasteiger partial charge < -0.3 is 15.1 Å². The van der Waals surface area contributed by atoms with Gasteiger partial charge in [-0.25, -0.2) is 9.78 Å². The van der Waals surface area contributed by atoms with Gasteiger partial charge in [0.2, 0.25) is 5.13 Å². The average molecular weight is 408 g/mol. The van der Waals surface area contributed by atoms with Crippen LogP contribution in [0.3, 0.4) is 0 Å². The minimum absolute atomic E-state index is 0.00431. The number of nitrogens with one attached hydrogen (secondary N) is 1. The summed E-state index contributed by atoms with van der Waals surface area (Å²) in [7, 11) is 0.